The summed E-state index contributed by atoms with van der Waals surface area (Å²) in [5.41, 5.74) is 1.07. The second-order valence-corrected chi connectivity index (χ2v) is 3.57. The summed E-state index contributed by atoms with van der Waals surface area (Å²) in [6.07, 6.45) is 1.33. The zero-order valence-corrected chi connectivity index (χ0v) is 9.43. The molecular formula is C11H10ClN3O. The molecule has 0 saturated heterocycles. The van der Waals surface area contributed by atoms with Gasteiger partial charge in [0, 0.05) is 0 Å². The quantitative estimate of drug-likeness (QED) is 0.821. The summed E-state index contributed by atoms with van der Waals surface area (Å²) in [5.74, 6) is 0.372. The van der Waals surface area contributed by atoms with Crippen molar-refractivity contribution in [2.75, 3.05) is 0 Å². The molecule has 0 bridgehead atoms. The van der Waals surface area contributed by atoms with Crippen LogP contribution < -0.4 is 4.74 Å². The Kier molecular flexibility index (Phi) is 3.31. The van der Waals surface area contributed by atoms with Crippen LogP contribution in [0, 0.1) is 0 Å². The maximum Gasteiger partial charge on any atom is 0.246 e. The normalized spacial score (nSPS) is 12.1. The van der Waals surface area contributed by atoms with Gasteiger partial charge in [-0.2, -0.15) is 10.1 Å². The summed E-state index contributed by atoms with van der Waals surface area (Å²) >= 11 is 5.61. The van der Waals surface area contributed by atoms with E-state index in [2.05, 4.69) is 15.2 Å². The molecule has 1 heterocycles. The topological polar surface area (TPSA) is 47.9 Å². The van der Waals surface area contributed by atoms with Gasteiger partial charge in [-0.3, -0.25) is 0 Å². The highest BCUT2D eigenvalue weighted by Crippen LogP contribution is 2.19. The lowest BCUT2D eigenvalue weighted by atomic mass is 10.1. The molecule has 16 heavy (non-hydrogen) atoms. The van der Waals surface area contributed by atoms with Crippen LogP contribution in [0.1, 0.15) is 18.6 Å². The Morgan fingerprint density at radius 1 is 1.25 bits per heavy atom. The number of halogens is 1. The molecule has 0 aliphatic rings. The fraction of sp³-hybridized carbons (Fsp3) is 0.182. The first-order valence-electron chi connectivity index (χ1n) is 4.82. The van der Waals surface area contributed by atoms with Gasteiger partial charge in [0.05, 0.1) is 0 Å². The average molecular weight is 236 g/mol. The molecule has 0 aliphatic carbocycles. The number of rotatable bonds is 3. The molecule has 2 rings (SSSR count). The van der Waals surface area contributed by atoms with E-state index in [0.29, 0.717) is 5.88 Å². The second kappa shape index (κ2) is 4.90. The van der Waals surface area contributed by atoms with Crippen molar-refractivity contribution in [2.24, 2.45) is 0 Å². The maximum absolute atomic E-state index is 5.61. The van der Waals surface area contributed by atoms with E-state index in [1.165, 1.54) is 6.20 Å². The Hall–Kier alpha value is -1.68. The molecule has 1 aromatic heterocycles. The number of aromatic nitrogens is 3. The van der Waals surface area contributed by atoms with Gasteiger partial charge in [-0.05, 0) is 24.1 Å². The van der Waals surface area contributed by atoms with Crippen molar-refractivity contribution in [3.8, 4) is 5.88 Å². The van der Waals surface area contributed by atoms with Crippen molar-refractivity contribution >= 4 is 11.6 Å². The van der Waals surface area contributed by atoms with Crippen LogP contribution in [-0.2, 0) is 0 Å². The largest absolute Gasteiger partial charge is 0.469 e. The van der Waals surface area contributed by atoms with E-state index in [1.807, 2.05) is 37.3 Å². The molecule has 0 saturated carbocycles. The van der Waals surface area contributed by atoms with Crippen LogP contribution in [0.4, 0.5) is 0 Å². The zero-order valence-electron chi connectivity index (χ0n) is 8.67. The van der Waals surface area contributed by atoms with Gasteiger partial charge in [-0.15, -0.1) is 5.10 Å². The van der Waals surface area contributed by atoms with E-state index in [-0.39, 0.29) is 11.4 Å². The lowest BCUT2D eigenvalue weighted by molar-refractivity contribution is 0.215. The molecule has 1 atom stereocenters. The van der Waals surface area contributed by atoms with Gasteiger partial charge >= 0.3 is 0 Å². The van der Waals surface area contributed by atoms with Crippen molar-refractivity contribution < 1.29 is 4.74 Å². The molecule has 0 amide bonds. The highest BCUT2D eigenvalue weighted by atomic mass is 35.5. The molecular weight excluding hydrogens is 226 g/mol. The van der Waals surface area contributed by atoms with E-state index in [9.17, 15) is 0 Å². The Labute approximate surface area is 98.3 Å². The predicted octanol–water partition coefficient (Wildman–Crippen LogP) is 2.67. The lowest BCUT2D eigenvalue weighted by Crippen LogP contribution is -2.05. The summed E-state index contributed by atoms with van der Waals surface area (Å²) < 4.78 is 5.58. The summed E-state index contributed by atoms with van der Waals surface area (Å²) in [6.45, 7) is 1.94. The van der Waals surface area contributed by atoms with Crippen molar-refractivity contribution in [2.45, 2.75) is 13.0 Å². The first-order chi connectivity index (χ1) is 7.75. The lowest BCUT2D eigenvalue weighted by Gasteiger charge is -2.13. The van der Waals surface area contributed by atoms with Gasteiger partial charge in [0.1, 0.15) is 12.3 Å². The summed E-state index contributed by atoms with van der Waals surface area (Å²) in [5, 5.41) is 7.29. The fourth-order valence-corrected chi connectivity index (χ4v) is 1.42. The van der Waals surface area contributed by atoms with Gasteiger partial charge in [0.25, 0.3) is 0 Å². The third-order valence-corrected chi connectivity index (χ3v) is 2.24. The van der Waals surface area contributed by atoms with Crippen molar-refractivity contribution in [3.05, 3.63) is 47.4 Å². The zero-order chi connectivity index (χ0) is 11.4. The minimum Gasteiger partial charge on any atom is -0.469 e. The first-order valence-corrected chi connectivity index (χ1v) is 5.20. The van der Waals surface area contributed by atoms with Crippen LogP contribution in [0.25, 0.3) is 0 Å². The molecule has 0 spiro atoms. The van der Waals surface area contributed by atoms with E-state index in [4.69, 9.17) is 16.3 Å². The molecule has 1 unspecified atom stereocenters. The number of benzene rings is 1. The fourth-order valence-electron chi connectivity index (χ4n) is 1.30. The minimum atomic E-state index is -0.103. The van der Waals surface area contributed by atoms with Crippen LogP contribution in [-0.4, -0.2) is 15.2 Å². The highest BCUT2D eigenvalue weighted by molar-refractivity contribution is 6.28. The Morgan fingerprint density at radius 2 is 2.00 bits per heavy atom. The molecule has 82 valence electrons. The van der Waals surface area contributed by atoms with Gasteiger partial charge in [0.2, 0.25) is 11.2 Å². The molecule has 4 nitrogen and oxygen atoms in total. The Morgan fingerprint density at radius 3 is 2.69 bits per heavy atom. The van der Waals surface area contributed by atoms with E-state index in [0.717, 1.165) is 5.56 Å². The van der Waals surface area contributed by atoms with Crippen LogP contribution in [0.15, 0.2) is 36.5 Å². The molecule has 1 aromatic carbocycles. The van der Waals surface area contributed by atoms with Crippen LogP contribution in [0.3, 0.4) is 0 Å². The van der Waals surface area contributed by atoms with Gasteiger partial charge in [0.15, 0.2) is 0 Å². The maximum atomic E-state index is 5.61. The van der Waals surface area contributed by atoms with Gasteiger partial charge < -0.3 is 4.74 Å². The predicted molar refractivity (Wildman–Crippen MR) is 60.3 cm³/mol. The second-order valence-electron chi connectivity index (χ2n) is 3.23. The molecule has 5 heteroatoms. The van der Waals surface area contributed by atoms with E-state index in [1.54, 1.807) is 0 Å². The summed E-state index contributed by atoms with van der Waals surface area (Å²) in [6, 6.07) is 9.85. The van der Waals surface area contributed by atoms with Crippen LogP contribution in [0.5, 0.6) is 5.88 Å². The van der Waals surface area contributed by atoms with Gasteiger partial charge in [-0.1, -0.05) is 30.3 Å². The summed E-state index contributed by atoms with van der Waals surface area (Å²) in [7, 11) is 0. The highest BCUT2D eigenvalue weighted by Gasteiger charge is 2.08. The van der Waals surface area contributed by atoms with Crippen molar-refractivity contribution in [1.82, 2.24) is 15.2 Å². The molecule has 0 radical (unpaired) electrons. The number of ether oxygens (including phenoxy) is 1. The van der Waals surface area contributed by atoms with Crippen molar-refractivity contribution in [1.29, 1.82) is 0 Å². The standard InChI is InChI=1S/C11H10ClN3O/c1-8(9-5-3-2-4-6-9)16-10-7-13-15-11(12)14-10/h2-8H,1H3. The van der Waals surface area contributed by atoms with Gasteiger partial charge in [-0.25, -0.2) is 0 Å². The number of hydrogen-bond acceptors (Lipinski definition) is 4. The van der Waals surface area contributed by atoms with E-state index < -0.39 is 0 Å². The number of hydrogen-bond donors (Lipinski definition) is 0. The third-order valence-electron chi connectivity index (χ3n) is 2.08. The van der Waals surface area contributed by atoms with Crippen molar-refractivity contribution in [3.63, 3.8) is 0 Å². The SMILES string of the molecule is CC(Oc1cnnc(Cl)n1)c1ccccc1. The average Bonchev–Trinajstić information content (AvgIpc) is 2.30. The molecule has 0 aliphatic heterocycles. The van der Waals surface area contributed by atoms with Crippen LogP contribution >= 0.6 is 11.6 Å². The third kappa shape index (κ3) is 2.67. The molecule has 2 aromatic rings. The smallest absolute Gasteiger partial charge is 0.246 e. The molecule has 0 N–H and O–H groups in total. The molecule has 0 fully saturated rings. The minimum absolute atomic E-state index is 0.0813. The first kappa shape index (κ1) is 10.8. The van der Waals surface area contributed by atoms with Crippen LogP contribution in [0.2, 0.25) is 5.28 Å². The Bertz CT molecular complexity index is 464. The monoisotopic (exact) mass is 235 g/mol. The Balaban J connectivity index is 2.11. The number of nitrogens with zero attached hydrogens (tertiary/aromatic N) is 3. The summed E-state index contributed by atoms with van der Waals surface area (Å²) in [4.78, 5) is 3.91. The van der Waals surface area contributed by atoms with E-state index >= 15 is 0 Å².